The smallest absolute Gasteiger partial charge is 0.271 e. The summed E-state index contributed by atoms with van der Waals surface area (Å²) >= 11 is 0. The van der Waals surface area contributed by atoms with Gasteiger partial charge in [0, 0.05) is 18.4 Å². The fourth-order valence-corrected chi connectivity index (χ4v) is 1.53. The van der Waals surface area contributed by atoms with Gasteiger partial charge in [-0.15, -0.1) is 10.2 Å². The molecular formula is C12H15N5O. The van der Waals surface area contributed by atoms with Gasteiger partial charge < -0.3 is 5.32 Å². The van der Waals surface area contributed by atoms with E-state index in [1.807, 2.05) is 20.8 Å². The molecule has 0 aliphatic carbocycles. The van der Waals surface area contributed by atoms with E-state index in [-0.39, 0.29) is 11.9 Å². The van der Waals surface area contributed by atoms with Crippen LogP contribution in [0.1, 0.15) is 30.2 Å². The third kappa shape index (κ3) is 2.53. The lowest BCUT2D eigenvalue weighted by molar-refractivity contribution is 0.0937. The van der Waals surface area contributed by atoms with Gasteiger partial charge in [-0.25, -0.2) is 4.98 Å². The topological polar surface area (TPSA) is 72.7 Å². The summed E-state index contributed by atoms with van der Waals surface area (Å²) in [4.78, 5) is 15.8. The molecule has 0 spiro atoms. The Balaban J connectivity index is 2.21. The maximum Gasteiger partial charge on any atom is 0.271 e. The molecule has 2 aromatic rings. The molecule has 0 saturated carbocycles. The average molecular weight is 245 g/mol. The van der Waals surface area contributed by atoms with E-state index in [1.54, 1.807) is 29.1 Å². The fraction of sp³-hybridized carbons (Fsp3) is 0.333. The monoisotopic (exact) mass is 245 g/mol. The molecule has 0 aliphatic heterocycles. The van der Waals surface area contributed by atoms with Crippen molar-refractivity contribution in [2.75, 3.05) is 0 Å². The summed E-state index contributed by atoms with van der Waals surface area (Å²) in [6.45, 7) is 5.67. The zero-order chi connectivity index (χ0) is 13.1. The fourth-order valence-electron chi connectivity index (χ4n) is 1.53. The Kier molecular flexibility index (Phi) is 3.36. The summed E-state index contributed by atoms with van der Waals surface area (Å²) in [6.07, 6.45) is 3.49. The Hall–Kier alpha value is -2.24. The molecule has 0 aliphatic rings. The van der Waals surface area contributed by atoms with Gasteiger partial charge in [-0.3, -0.25) is 9.36 Å². The van der Waals surface area contributed by atoms with Crippen molar-refractivity contribution in [3.8, 4) is 5.82 Å². The van der Waals surface area contributed by atoms with Crippen LogP contribution in [0.5, 0.6) is 0 Å². The van der Waals surface area contributed by atoms with Crippen LogP contribution < -0.4 is 5.32 Å². The van der Waals surface area contributed by atoms with Gasteiger partial charge in [0.1, 0.15) is 5.82 Å². The highest BCUT2D eigenvalue weighted by molar-refractivity contribution is 5.92. The lowest BCUT2D eigenvalue weighted by Gasteiger charge is -2.07. The van der Waals surface area contributed by atoms with Crippen LogP contribution in [0.15, 0.2) is 24.5 Å². The highest BCUT2D eigenvalue weighted by Crippen LogP contribution is 2.06. The molecule has 2 rings (SSSR count). The highest BCUT2D eigenvalue weighted by atomic mass is 16.1. The molecule has 0 fully saturated rings. The van der Waals surface area contributed by atoms with E-state index in [9.17, 15) is 4.79 Å². The number of hydrogen-bond acceptors (Lipinski definition) is 4. The van der Waals surface area contributed by atoms with Crippen LogP contribution in [0.2, 0.25) is 0 Å². The molecule has 2 aromatic heterocycles. The van der Waals surface area contributed by atoms with Crippen molar-refractivity contribution >= 4 is 5.91 Å². The summed E-state index contributed by atoms with van der Waals surface area (Å²) in [5, 5.41) is 10.7. The van der Waals surface area contributed by atoms with Gasteiger partial charge in [0.15, 0.2) is 11.5 Å². The molecule has 94 valence electrons. The molecular weight excluding hydrogens is 230 g/mol. The van der Waals surface area contributed by atoms with Crippen LogP contribution in [0, 0.1) is 6.92 Å². The van der Waals surface area contributed by atoms with E-state index < -0.39 is 0 Å². The van der Waals surface area contributed by atoms with Crippen LogP contribution in [0.4, 0.5) is 0 Å². The van der Waals surface area contributed by atoms with Gasteiger partial charge in [-0.05, 0) is 32.9 Å². The van der Waals surface area contributed by atoms with E-state index in [1.165, 1.54) is 0 Å². The number of aryl methyl sites for hydroxylation is 1. The van der Waals surface area contributed by atoms with Crippen molar-refractivity contribution in [2.24, 2.45) is 0 Å². The number of carbonyl (C=O) groups is 1. The van der Waals surface area contributed by atoms with Crippen LogP contribution in [0.3, 0.4) is 0 Å². The van der Waals surface area contributed by atoms with Gasteiger partial charge in [-0.1, -0.05) is 0 Å². The quantitative estimate of drug-likeness (QED) is 0.879. The maximum atomic E-state index is 11.7. The number of nitrogens with one attached hydrogen (secondary N) is 1. The number of amides is 1. The molecule has 6 heteroatoms. The number of aromatic nitrogens is 4. The Bertz CT molecular complexity index is 544. The molecule has 0 unspecified atom stereocenters. The van der Waals surface area contributed by atoms with E-state index >= 15 is 0 Å². The Morgan fingerprint density at radius 1 is 1.33 bits per heavy atom. The predicted molar refractivity (Wildman–Crippen MR) is 66.5 cm³/mol. The number of imidazole rings is 1. The van der Waals surface area contributed by atoms with E-state index in [2.05, 4.69) is 20.5 Å². The Labute approximate surface area is 105 Å². The van der Waals surface area contributed by atoms with Gasteiger partial charge in [0.25, 0.3) is 5.91 Å². The van der Waals surface area contributed by atoms with Crippen molar-refractivity contribution in [1.82, 2.24) is 25.1 Å². The molecule has 0 radical (unpaired) electrons. The third-order valence-electron chi connectivity index (χ3n) is 2.38. The first kappa shape index (κ1) is 12.2. The average Bonchev–Trinajstić information content (AvgIpc) is 2.75. The lowest BCUT2D eigenvalue weighted by Crippen LogP contribution is -2.31. The number of rotatable bonds is 3. The summed E-state index contributed by atoms with van der Waals surface area (Å²) < 4.78 is 1.80. The molecule has 0 atom stereocenters. The van der Waals surface area contributed by atoms with Gasteiger partial charge in [0.05, 0.1) is 0 Å². The van der Waals surface area contributed by atoms with Crippen LogP contribution in [0.25, 0.3) is 5.82 Å². The Morgan fingerprint density at radius 3 is 2.61 bits per heavy atom. The molecule has 6 nitrogen and oxygen atoms in total. The highest BCUT2D eigenvalue weighted by Gasteiger charge is 2.10. The molecule has 1 N–H and O–H groups in total. The standard InChI is InChI=1S/C12H15N5O/c1-8(2)14-12(18)10-4-5-11(16-15-10)17-7-6-13-9(17)3/h4-8H,1-3H3,(H,14,18). The number of hydrogen-bond donors (Lipinski definition) is 1. The minimum absolute atomic E-state index is 0.0786. The minimum Gasteiger partial charge on any atom is -0.348 e. The minimum atomic E-state index is -0.216. The molecule has 2 heterocycles. The second-order valence-electron chi connectivity index (χ2n) is 4.25. The van der Waals surface area contributed by atoms with E-state index in [4.69, 9.17) is 0 Å². The maximum absolute atomic E-state index is 11.7. The van der Waals surface area contributed by atoms with Crippen LogP contribution >= 0.6 is 0 Å². The molecule has 1 amide bonds. The predicted octanol–water partition coefficient (Wildman–Crippen LogP) is 1.11. The third-order valence-corrected chi connectivity index (χ3v) is 2.38. The van der Waals surface area contributed by atoms with Crippen molar-refractivity contribution < 1.29 is 4.79 Å². The summed E-state index contributed by atoms with van der Waals surface area (Å²) in [5.41, 5.74) is 0.310. The zero-order valence-corrected chi connectivity index (χ0v) is 10.6. The molecule has 18 heavy (non-hydrogen) atoms. The first-order valence-corrected chi connectivity index (χ1v) is 5.73. The molecule has 0 aromatic carbocycles. The lowest BCUT2D eigenvalue weighted by atomic mass is 10.3. The van der Waals surface area contributed by atoms with Crippen LogP contribution in [-0.4, -0.2) is 31.7 Å². The largest absolute Gasteiger partial charge is 0.348 e. The van der Waals surface area contributed by atoms with Crippen molar-refractivity contribution in [2.45, 2.75) is 26.8 Å². The van der Waals surface area contributed by atoms with Crippen LogP contribution in [-0.2, 0) is 0 Å². The normalized spacial score (nSPS) is 10.7. The SMILES string of the molecule is Cc1nccn1-c1ccc(C(=O)NC(C)C)nn1. The molecule has 0 saturated heterocycles. The first-order chi connectivity index (χ1) is 8.58. The summed E-state index contributed by atoms with van der Waals surface area (Å²) in [6, 6.07) is 3.48. The zero-order valence-electron chi connectivity index (χ0n) is 10.6. The number of carbonyl (C=O) groups excluding carboxylic acids is 1. The van der Waals surface area contributed by atoms with Gasteiger partial charge >= 0.3 is 0 Å². The van der Waals surface area contributed by atoms with Gasteiger partial charge in [0.2, 0.25) is 0 Å². The van der Waals surface area contributed by atoms with Gasteiger partial charge in [-0.2, -0.15) is 0 Å². The summed E-state index contributed by atoms with van der Waals surface area (Å²) in [7, 11) is 0. The van der Waals surface area contributed by atoms with Crippen molar-refractivity contribution in [3.05, 3.63) is 36.0 Å². The second kappa shape index (κ2) is 4.95. The van der Waals surface area contributed by atoms with E-state index in [0.29, 0.717) is 11.5 Å². The number of nitrogens with zero attached hydrogens (tertiary/aromatic N) is 4. The van der Waals surface area contributed by atoms with E-state index in [0.717, 1.165) is 5.82 Å². The molecule has 0 bridgehead atoms. The second-order valence-corrected chi connectivity index (χ2v) is 4.25. The summed E-state index contributed by atoms with van der Waals surface area (Å²) in [5.74, 6) is 1.25. The first-order valence-electron chi connectivity index (χ1n) is 5.73. The van der Waals surface area contributed by atoms with Crippen molar-refractivity contribution in [3.63, 3.8) is 0 Å². The Morgan fingerprint density at radius 2 is 2.11 bits per heavy atom. The van der Waals surface area contributed by atoms with Crippen molar-refractivity contribution in [1.29, 1.82) is 0 Å².